The van der Waals surface area contributed by atoms with E-state index in [0.717, 1.165) is 18.4 Å². The first-order valence-corrected chi connectivity index (χ1v) is 8.71. The van der Waals surface area contributed by atoms with Gasteiger partial charge in [0.2, 0.25) is 0 Å². The van der Waals surface area contributed by atoms with Crippen molar-refractivity contribution < 1.29 is 19.1 Å². The Bertz CT molecular complexity index is 583. The maximum absolute atomic E-state index is 12.4. The molecule has 0 unspecified atom stereocenters. The van der Waals surface area contributed by atoms with Crippen molar-refractivity contribution in [3.63, 3.8) is 0 Å². The summed E-state index contributed by atoms with van der Waals surface area (Å²) in [6, 6.07) is 9.53. The second kappa shape index (κ2) is 8.23. The lowest BCUT2D eigenvalue weighted by molar-refractivity contribution is 0.0402. The number of amides is 2. The summed E-state index contributed by atoms with van der Waals surface area (Å²) in [5.41, 5.74) is 0.407. The van der Waals surface area contributed by atoms with Crippen LogP contribution in [0.25, 0.3) is 0 Å². The molecule has 0 bridgehead atoms. The Balaban J connectivity index is 1.86. The van der Waals surface area contributed by atoms with Crippen LogP contribution in [0.15, 0.2) is 30.3 Å². The number of piperidine rings is 1. The lowest BCUT2D eigenvalue weighted by Gasteiger charge is -2.37. The molecule has 0 aliphatic carbocycles. The molecular formula is C19H28N2O4. The van der Waals surface area contributed by atoms with Crippen LogP contribution in [0.3, 0.4) is 0 Å². The SMILES string of the molecule is C[C@H]1CC[C@@H](NC(=O)OC(C)(C)C)CN1C(=O)OCc1ccccc1. The predicted octanol–water partition coefficient (Wildman–Crippen LogP) is 3.70. The number of rotatable bonds is 3. The Morgan fingerprint density at radius 2 is 1.88 bits per heavy atom. The van der Waals surface area contributed by atoms with Gasteiger partial charge >= 0.3 is 12.2 Å². The predicted molar refractivity (Wildman–Crippen MR) is 95.2 cm³/mol. The van der Waals surface area contributed by atoms with Gasteiger partial charge in [0.05, 0.1) is 0 Å². The quantitative estimate of drug-likeness (QED) is 0.904. The number of ether oxygens (including phenoxy) is 2. The fraction of sp³-hybridized carbons (Fsp3) is 0.579. The molecule has 0 radical (unpaired) electrons. The van der Waals surface area contributed by atoms with Gasteiger partial charge < -0.3 is 19.7 Å². The van der Waals surface area contributed by atoms with Gasteiger partial charge in [-0.25, -0.2) is 9.59 Å². The Hall–Kier alpha value is -2.24. The zero-order chi connectivity index (χ0) is 18.4. The van der Waals surface area contributed by atoms with Gasteiger partial charge in [0, 0.05) is 18.6 Å². The maximum atomic E-state index is 12.4. The summed E-state index contributed by atoms with van der Waals surface area (Å²) < 4.78 is 10.7. The molecule has 2 amide bonds. The number of carbonyl (C=O) groups is 2. The van der Waals surface area contributed by atoms with Crippen LogP contribution in [0, 0.1) is 0 Å². The molecule has 2 rings (SSSR count). The summed E-state index contributed by atoms with van der Waals surface area (Å²) >= 11 is 0. The van der Waals surface area contributed by atoms with Gasteiger partial charge in [-0.15, -0.1) is 0 Å². The van der Waals surface area contributed by atoms with Crippen LogP contribution in [0.5, 0.6) is 0 Å². The third kappa shape index (κ3) is 6.29. The zero-order valence-electron chi connectivity index (χ0n) is 15.5. The van der Waals surface area contributed by atoms with Gasteiger partial charge in [0.25, 0.3) is 0 Å². The van der Waals surface area contributed by atoms with Crippen molar-refractivity contribution in [2.45, 2.75) is 64.8 Å². The summed E-state index contributed by atoms with van der Waals surface area (Å²) in [5.74, 6) is 0. The van der Waals surface area contributed by atoms with Crippen molar-refractivity contribution in [2.75, 3.05) is 6.54 Å². The highest BCUT2D eigenvalue weighted by atomic mass is 16.6. The van der Waals surface area contributed by atoms with Crippen LogP contribution in [0.4, 0.5) is 9.59 Å². The Morgan fingerprint density at radius 3 is 2.52 bits per heavy atom. The number of carbonyl (C=O) groups excluding carboxylic acids is 2. The van der Waals surface area contributed by atoms with E-state index in [1.165, 1.54) is 0 Å². The fourth-order valence-electron chi connectivity index (χ4n) is 2.76. The minimum absolute atomic E-state index is 0.0833. The second-order valence-corrected chi connectivity index (χ2v) is 7.46. The third-order valence-electron chi connectivity index (χ3n) is 4.04. The Morgan fingerprint density at radius 1 is 1.20 bits per heavy atom. The van der Waals surface area contributed by atoms with E-state index in [0.29, 0.717) is 6.54 Å². The molecule has 2 atom stereocenters. The van der Waals surface area contributed by atoms with E-state index in [1.54, 1.807) is 4.90 Å². The van der Waals surface area contributed by atoms with Crippen LogP contribution in [0.2, 0.25) is 0 Å². The molecule has 0 aromatic heterocycles. The molecule has 0 spiro atoms. The molecule has 6 heteroatoms. The number of alkyl carbamates (subject to hydrolysis) is 1. The highest BCUT2D eigenvalue weighted by molar-refractivity contribution is 5.70. The summed E-state index contributed by atoms with van der Waals surface area (Å²) in [6.45, 7) is 8.13. The van der Waals surface area contributed by atoms with Gasteiger partial charge in [-0.3, -0.25) is 0 Å². The van der Waals surface area contributed by atoms with E-state index >= 15 is 0 Å². The molecule has 138 valence electrons. The van der Waals surface area contributed by atoms with Crippen molar-refractivity contribution in [1.82, 2.24) is 10.2 Å². The van der Waals surface area contributed by atoms with Crippen LogP contribution < -0.4 is 5.32 Å². The van der Waals surface area contributed by atoms with Crippen molar-refractivity contribution in [2.24, 2.45) is 0 Å². The lowest BCUT2D eigenvalue weighted by atomic mass is 10.00. The first kappa shape index (κ1) is 19.1. The van der Waals surface area contributed by atoms with Gasteiger partial charge in [0.15, 0.2) is 0 Å². The lowest BCUT2D eigenvalue weighted by Crippen LogP contribution is -2.53. The average molecular weight is 348 g/mol. The van der Waals surface area contributed by atoms with Crippen LogP contribution >= 0.6 is 0 Å². The molecule has 1 saturated heterocycles. The number of hydrogen-bond donors (Lipinski definition) is 1. The van der Waals surface area contributed by atoms with E-state index in [4.69, 9.17) is 9.47 Å². The molecule has 1 aromatic carbocycles. The maximum Gasteiger partial charge on any atom is 0.410 e. The van der Waals surface area contributed by atoms with E-state index in [1.807, 2.05) is 58.0 Å². The monoisotopic (exact) mass is 348 g/mol. The van der Waals surface area contributed by atoms with Gasteiger partial charge in [-0.1, -0.05) is 30.3 Å². The topological polar surface area (TPSA) is 67.9 Å². The van der Waals surface area contributed by atoms with Crippen LogP contribution in [-0.4, -0.2) is 41.3 Å². The van der Waals surface area contributed by atoms with Crippen molar-refractivity contribution in [3.05, 3.63) is 35.9 Å². The van der Waals surface area contributed by atoms with Crippen LogP contribution in [-0.2, 0) is 16.1 Å². The van der Waals surface area contributed by atoms with Crippen molar-refractivity contribution >= 4 is 12.2 Å². The molecule has 1 heterocycles. The molecule has 1 N–H and O–H groups in total. The summed E-state index contributed by atoms with van der Waals surface area (Å²) in [4.78, 5) is 26.0. The van der Waals surface area contributed by atoms with E-state index in [9.17, 15) is 9.59 Å². The molecular weight excluding hydrogens is 320 g/mol. The Kier molecular flexibility index (Phi) is 6.28. The molecule has 0 saturated carbocycles. The minimum atomic E-state index is -0.541. The molecule has 1 aromatic rings. The summed E-state index contributed by atoms with van der Waals surface area (Å²) in [5, 5.41) is 2.84. The number of hydrogen-bond acceptors (Lipinski definition) is 4. The molecule has 1 aliphatic rings. The number of nitrogens with one attached hydrogen (secondary N) is 1. The molecule has 25 heavy (non-hydrogen) atoms. The summed E-state index contributed by atoms with van der Waals surface area (Å²) in [7, 11) is 0. The Labute approximate surface area is 149 Å². The smallest absolute Gasteiger partial charge is 0.410 e. The standard InChI is InChI=1S/C19H28N2O4/c1-14-10-11-16(20-17(22)25-19(2,3)4)12-21(14)18(23)24-13-15-8-6-5-7-9-15/h5-9,14,16H,10-13H2,1-4H3,(H,20,22)/t14-,16+/m0/s1. The van der Waals surface area contributed by atoms with E-state index in [-0.39, 0.29) is 24.8 Å². The van der Waals surface area contributed by atoms with Gasteiger partial charge in [-0.05, 0) is 46.1 Å². The fourth-order valence-corrected chi connectivity index (χ4v) is 2.76. The number of benzene rings is 1. The molecule has 1 fully saturated rings. The average Bonchev–Trinajstić information content (AvgIpc) is 2.53. The molecule has 1 aliphatic heterocycles. The van der Waals surface area contributed by atoms with E-state index in [2.05, 4.69) is 5.32 Å². The minimum Gasteiger partial charge on any atom is -0.445 e. The third-order valence-corrected chi connectivity index (χ3v) is 4.04. The number of likely N-dealkylation sites (tertiary alicyclic amines) is 1. The number of nitrogens with zero attached hydrogens (tertiary/aromatic N) is 1. The van der Waals surface area contributed by atoms with Crippen LogP contribution in [0.1, 0.15) is 46.1 Å². The zero-order valence-corrected chi connectivity index (χ0v) is 15.5. The normalized spacial score (nSPS) is 20.7. The highest BCUT2D eigenvalue weighted by Gasteiger charge is 2.31. The first-order chi connectivity index (χ1) is 11.7. The molecule has 6 nitrogen and oxygen atoms in total. The van der Waals surface area contributed by atoms with E-state index < -0.39 is 11.7 Å². The van der Waals surface area contributed by atoms with Crippen molar-refractivity contribution in [1.29, 1.82) is 0 Å². The highest BCUT2D eigenvalue weighted by Crippen LogP contribution is 2.19. The van der Waals surface area contributed by atoms with Crippen molar-refractivity contribution in [3.8, 4) is 0 Å². The second-order valence-electron chi connectivity index (χ2n) is 7.46. The first-order valence-electron chi connectivity index (χ1n) is 8.71. The largest absolute Gasteiger partial charge is 0.445 e. The summed E-state index contributed by atoms with van der Waals surface area (Å²) in [6.07, 6.45) is 0.806. The van der Waals surface area contributed by atoms with Gasteiger partial charge in [-0.2, -0.15) is 0 Å². The van der Waals surface area contributed by atoms with Gasteiger partial charge in [0.1, 0.15) is 12.2 Å².